The number of phenolic OH excluding ortho intramolecular Hbond substituents is 1. The number of anilines is 1. The fourth-order valence-electron chi connectivity index (χ4n) is 6.29. The highest BCUT2D eigenvalue weighted by Crippen LogP contribution is 2.52. The van der Waals surface area contributed by atoms with E-state index in [1.54, 1.807) is 18.2 Å². The van der Waals surface area contributed by atoms with Gasteiger partial charge < -0.3 is 9.84 Å². The molecule has 2 aliphatic heterocycles. The predicted octanol–water partition coefficient (Wildman–Crippen LogP) is 6.31. The lowest BCUT2D eigenvalue weighted by Crippen LogP contribution is -2.35. The fourth-order valence-corrected chi connectivity index (χ4v) is 6.52. The molecule has 1 N–H and O–H groups in total. The van der Waals surface area contributed by atoms with Crippen LogP contribution >= 0.6 is 11.6 Å². The van der Waals surface area contributed by atoms with E-state index in [4.69, 9.17) is 16.3 Å². The molecule has 0 spiro atoms. The van der Waals surface area contributed by atoms with Crippen LogP contribution in [0.15, 0.2) is 59.2 Å². The topological polar surface area (TPSA) is 110 Å². The summed E-state index contributed by atoms with van der Waals surface area (Å²) in [5.74, 6) is -1.52. The van der Waals surface area contributed by atoms with Crippen molar-refractivity contribution in [3.8, 4) is 5.75 Å². The van der Waals surface area contributed by atoms with E-state index in [-0.39, 0.29) is 46.9 Å². The number of halogens is 1. The molecule has 0 bridgehead atoms. The van der Waals surface area contributed by atoms with Crippen LogP contribution in [0.3, 0.4) is 0 Å². The zero-order valence-electron chi connectivity index (χ0n) is 22.1. The lowest BCUT2D eigenvalue weighted by Gasteiger charge is -2.33. The average molecular weight is 551 g/mol. The maximum absolute atomic E-state index is 13.7. The summed E-state index contributed by atoms with van der Waals surface area (Å²) >= 11 is 6.27. The van der Waals surface area contributed by atoms with Crippen LogP contribution in [-0.2, 0) is 14.3 Å². The van der Waals surface area contributed by atoms with E-state index in [9.17, 15) is 24.8 Å². The quantitative estimate of drug-likeness (QED) is 0.187. The molecule has 1 aliphatic carbocycles. The van der Waals surface area contributed by atoms with Crippen LogP contribution in [-0.4, -0.2) is 34.6 Å². The van der Waals surface area contributed by atoms with Crippen LogP contribution in [0.25, 0.3) is 6.08 Å². The normalized spacial score (nSPS) is 24.9. The molecule has 0 radical (unpaired) electrons. The van der Waals surface area contributed by atoms with E-state index in [2.05, 4.69) is 13.8 Å². The molecule has 204 valence electrons. The van der Waals surface area contributed by atoms with E-state index in [1.165, 1.54) is 29.8 Å². The number of carbonyl (C=O) groups is 2. The van der Waals surface area contributed by atoms with Crippen molar-refractivity contribution in [1.82, 2.24) is 0 Å². The molecule has 2 aromatic rings. The van der Waals surface area contributed by atoms with Gasteiger partial charge >= 0.3 is 0 Å². The fraction of sp³-hybridized carbons (Fsp3) is 0.400. The van der Waals surface area contributed by atoms with Crippen molar-refractivity contribution in [2.45, 2.75) is 46.1 Å². The monoisotopic (exact) mass is 550 g/mol. The third-order valence-corrected chi connectivity index (χ3v) is 8.45. The van der Waals surface area contributed by atoms with Crippen LogP contribution in [0, 0.1) is 33.8 Å². The third kappa shape index (κ3) is 4.99. The highest BCUT2D eigenvalue weighted by molar-refractivity contribution is 6.32. The molecule has 9 heteroatoms. The van der Waals surface area contributed by atoms with Crippen molar-refractivity contribution in [3.63, 3.8) is 0 Å². The number of imide groups is 1. The van der Waals surface area contributed by atoms with Crippen LogP contribution in [0.4, 0.5) is 11.4 Å². The number of allylic oxidation sites excluding steroid dienone is 2. The highest BCUT2D eigenvalue weighted by atomic mass is 35.5. The maximum Gasteiger partial charge on any atom is 0.271 e. The van der Waals surface area contributed by atoms with Gasteiger partial charge in [0.15, 0.2) is 0 Å². The number of benzene rings is 2. The second-order valence-electron chi connectivity index (χ2n) is 10.9. The van der Waals surface area contributed by atoms with Crippen molar-refractivity contribution in [3.05, 3.63) is 79.9 Å². The molecule has 0 aromatic heterocycles. The molecule has 2 saturated heterocycles. The van der Waals surface area contributed by atoms with Crippen molar-refractivity contribution in [1.29, 1.82) is 0 Å². The zero-order chi connectivity index (χ0) is 28.0. The summed E-state index contributed by atoms with van der Waals surface area (Å²) in [6.07, 6.45) is 3.82. The van der Waals surface area contributed by atoms with Gasteiger partial charge in [-0.15, -0.1) is 0 Å². The summed E-state index contributed by atoms with van der Waals surface area (Å²) in [5.41, 5.74) is 4.34. The molecule has 0 saturated carbocycles. The number of non-ortho nitro benzene ring substituents is 1. The number of amides is 2. The number of aromatic hydroxyl groups is 1. The van der Waals surface area contributed by atoms with E-state index in [0.29, 0.717) is 18.1 Å². The van der Waals surface area contributed by atoms with Gasteiger partial charge in [-0.25, -0.2) is 4.90 Å². The van der Waals surface area contributed by atoms with E-state index in [0.717, 1.165) is 34.5 Å². The first-order chi connectivity index (χ1) is 18.6. The van der Waals surface area contributed by atoms with Crippen molar-refractivity contribution < 1.29 is 24.4 Å². The maximum atomic E-state index is 13.7. The molecule has 5 rings (SSSR count). The second-order valence-corrected chi connectivity index (χ2v) is 11.3. The summed E-state index contributed by atoms with van der Waals surface area (Å²) in [4.78, 5) is 39.2. The highest BCUT2D eigenvalue weighted by Gasteiger charge is 2.57. The van der Waals surface area contributed by atoms with Crippen LogP contribution in [0.1, 0.15) is 45.6 Å². The van der Waals surface area contributed by atoms with Crippen molar-refractivity contribution in [2.75, 3.05) is 11.5 Å². The Kier molecular flexibility index (Phi) is 7.35. The summed E-state index contributed by atoms with van der Waals surface area (Å²) in [6.45, 7) is 6.60. The molecule has 2 heterocycles. The second kappa shape index (κ2) is 10.6. The van der Waals surface area contributed by atoms with Gasteiger partial charge in [-0.2, -0.15) is 0 Å². The summed E-state index contributed by atoms with van der Waals surface area (Å²) < 4.78 is 6.29. The van der Waals surface area contributed by atoms with Crippen LogP contribution in [0.5, 0.6) is 5.75 Å². The van der Waals surface area contributed by atoms with E-state index < -0.39 is 16.8 Å². The van der Waals surface area contributed by atoms with Gasteiger partial charge in [0, 0.05) is 18.1 Å². The summed E-state index contributed by atoms with van der Waals surface area (Å²) in [5, 5.41) is 21.4. The number of hydrogen-bond acceptors (Lipinski definition) is 6. The molecular formula is C30H31ClN2O6. The van der Waals surface area contributed by atoms with Crippen LogP contribution < -0.4 is 4.90 Å². The molecule has 39 heavy (non-hydrogen) atoms. The van der Waals surface area contributed by atoms with Gasteiger partial charge in [-0.3, -0.25) is 19.7 Å². The minimum Gasteiger partial charge on any atom is -0.508 e. The smallest absolute Gasteiger partial charge is 0.271 e. The van der Waals surface area contributed by atoms with Crippen molar-refractivity contribution in [2.24, 2.45) is 23.7 Å². The average Bonchev–Trinajstić information content (AvgIpc) is 3.42. The Bertz CT molecular complexity index is 1410. The van der Waals surface area contributed by atoms with E-state index in [1.807, 2.05) is 13.0 Å². The molecule has 2 fully saturated rings. The Morgan fingerprint density at radius 1 is 1.21 bits per heavy atom. The Morgan fingerprint density at radius 3 is 2.67 bits per heavy atom. The van der Waals surface area contributed by atoms with Crippen LogP contribution in [0.2, 0.25) is 5.02 Å². The standard InChI is InChI=1S/C30H31ClN2O6/c1-16(2)22-14-23-28(30(36)32(29(23)35)19-5-4-6-20(12-19)33(37)38)24-15-39-26(27(22)24)10-7-17(3)11-18-8-9-21(34)13-25(18)31/h4-6,8-9,11-13,16,23-24,26,28,34H,7,10,14-15H2,1-3H3/b17-11+/t23-,24+,26-,28-/m1/s1. The molecule has 4 atom stereocenters. The number of nitro benzene ring substituents is 1. The summed E-state index contributed by atoms with van der Waals surface area (Å²) in [7, 11) is 0. The Hall–Kier alpha value is -3.49. The first kappa shape index (κ1) is 27.1. The lowest BCUT2D eigenvalue weighted by molar-refractivity contribution is -0.384. The molecule has 2 amide bonds. The minimum absolute atomic E-state index is 0.118. The predicted molar refractivity (Wildman–Crippen MR) is 148 cm³/mol. The third-order valence-electron chi connectivity index (χ3n) is 8.13. The van der Waals surface area contributed by atoms with Crippen molar-refractivity contribution >= 4 is 40.9 Å². The molecule has 3 aliphatic rings. The number of ether oxygens (including phenoxy) is 1. The number of nitrogens with zero attached hydrogens (tertiary/aromatic N) is 2. The molecular weight excluding hydrogens is 520 g/mol. The van der Waals surface area contributed by atoms with Gasteiger partial charge in [0.1, 0.15) is 5.75 Å². The zero-order valence-corrected chi connectivity index (χ0v) is 22.9. The first-order valence-electron chi connectivity index (χ1n) is 13.2. The Morgan fingerprint density at radius 2 is 1.97 bits per heavy atom. The largest absolute Gasteiger partial charge is 0.508 e. The lowest BCUT2D eigenvalue weighted by atomic mass is 9.67. The van der Waals surface area contributed by atoms with Gasteiger partial charge in [-0.05, 0) is 67.5 Å². The minimum atomic E-state index is -0.535. The van der Waals surface area contributed by atoms with E-state index >= 15 is 0 Å². The molecule has 0 unspecified atom stereocenters. The number of hydrogen-bond donors (Lipinski definition) is 1. The molecule has 2 aromatic carbocycles. The summed E-state index contributed by atoms with van der Waals surface area (Å²) in [6, 6.07) is 10.6. The SMILES string of the molecule is C/C(=C\c1ccc(O)cc1Cl)CC[C@H]1OC[C@H]2C1=C(C(C)C)C[C@H]1C(=O)N(c3cccc([N+](=O)[O-])c3)C(=O)[C@H]12. The van der Waals surface area contributed by atoms with Gasteiger partial charge in [0.25, 0.3) is 5.69 Å². The van der Waals surface area contributed by atoms with Gasteiger partial charge in [-0.1, -0.05) is 48.7 Å². The number of nitro groups is 1. The molecule has 8 nitrogen and oxygen atoms in total. The van der Waals surface area contributed by atoms with Gasteiger partial charge in [0.2, 0.25) is 11.8 Å². The van der Waals surface area contributed by atoms with Gasteiger partial charge in [0.05, 0.1) is 40.2 Å². The number of phenols is 1. The Balaban J connectivity index is 1.39. The Labute approximate surface area is 232 Å². The number of rotatable bonds is 7. The first-order valence-corrected chi connectivity index (χ1v) is 13.6. The number of carbonyl (C=O) groups excluding carboxylic acids is 2. The number of fused-ring (bicyclic) bond motifs is 3.